The van der Waals surface area contributed by atoms with Crippen LogP contribution < -0.4 is 0 Å². The maximum atomic E-state index is 12.3. The molecule has 4 heteroatoms. The SMILES string of the molecule is COC(=O)C(/C=C/c1ccccc1)=C(\C(=O)OC)c1ccccc1. The number of rotatable bonds is 5. The average Bonchev–Trinajstić information content (AvgIpc) is 2.65. The van der Waals surface area contributed by atoms with Crippen molar-refractivity contribution in [3.8, 4) is 0 Å². The molecule has 0 N–H and O–H groups in total. The van der Waals surface area contributed by atoms with Crippen molar-refractivity contribution in [2.75, 3.05) is 14.2 Å². The summed E-state index contributed by atoms with van der Waals surface area (Å²) in [6, 6.07) is 18.4. The van der Waals surface area contributed by atoms with Gasteiger partial charge in [0.2, 0.25) is 0 Å². The van der Waals surface area contributed by atoms with Crippen molar-refractivity contribution in [2.45, 2.75) is 0 Å². The minimum absolute atomic E-state index is 0.138. The van der Waals surface area contributed by atoms with Crippen LogP contribution >= 0.6 is 0 Å². The van der Waals surface area contributed by atoms with Gasteiger partial charge < -0.3 is 9.47 Å². The fourth-order valence-electron chi connectivity index (χ4n) is 2.20. The molecular formula is C20H18O4. The van der Waals surface area contributed by atoms with E-state index >= 15 is 0 Å². The molecule has 0 atom stereocenters. The first-order valence-electron chi connectivity index (χ1n) is 7.37. The second kappa shape index (κ2) is 8.48. The molecule has 4 nitrogen and oxygen atoms in total. The zero-order valence-corrected chi connectivity index (χ0v) is 13.6. The third kappa shape index (κ3) is 4.20. The Labute approximate surface area is 141 Å². The predicted octanol–water partition coefficient (Wildman–Crippen LogP) is 3.50. The van der Waals surface area contributed by atoms with Crippen LogP contribution in [0.25, 0.3) is 11.6 Å². The molecule has 122 valence electrons. The summed E-state index contributed by atoms with van der Waals surface area (Å²) in [7, 11) is 2.56. The predicted molar refractivity (Wildman–Crippen MR) is 92.9 cm³/mol. The van der Waals surface area contributed by atoms with Gasteiger partial charge >= 0.3 is 11.9 Å². The van der Waals surface area contributed by atoms with E-state index < -0.39 is 11.9 Å². The van der Waals surface area contributed by atoms with Crippen molar-refractivity contribution >= 4 is 23.6 Å². The first kappa shape index (κ1) is 17.2. The van der Waals surface area contributed by atoms with Crippen LogP contribution in [-0.2, 0) is 19.1 Å². The number of hydrogen-bond donors (Lipinski definition) is 0. The molecule has 2 aromatic rings. The van der Waals surface area contributed by atoms with E-state index in [1.165, 1.54) is 14.2 Å². The van der Waals surface area contributed by atoms with Crippen molar-refractivity contribution in [1.82, 2.24) is 0 Å². The molecule has 2 aromatic carbocycles. The Balaban J connectivity index is 2.59. The number of carbonyl (C=O) groups is 2. The molecule has 0 heterocycles. The highest BCUT2D eigenvalue weighted by atomic mass is 16.5. The highest BCUT2D eigenvalue weighted by Gasteiger charge is 2.22. The number of carbonyl (C=O) groups excluding carboxylic acids is 2. The molecular weight excluding hydrogens is 304 g/mol. The van der Waals surface area contributed by atoms with Gasteiger partial charge in [0.25, 0.3) is 0 Å². The zero-order chi connectivity index (χ0) is 17.4. The van der Waals surface area contributed by atoms with Crippen molar-refractivity contribution in [3.63, 3.8) is 0 Å². The summed E-state index contributed by atoms with van der Waals surface area (Å²) in [6.07, 6.45) is 3.32. The minimum Gasteiger partial charge on any atom is -0.465 e. The number of benzene rings is 2. The Hall–Kier alpha value is -3.14. The summed E-state index contributed by atoms with van der Waals surface area (Å²) in [5.41, 5.74) is 1.79. The molecule has 2 rings (SSSR count). The third-order valence-electron chi connectivity index (χ3n) is 3.37. The molecule has 0 aliphatic carbocycles. The van der Waals surface area contributed by atoms with Gasteiger partial charge in [-0.05, 0) is 17.2 Å². The van der Waals surface area contributed by atoms with Gasteiger partial charge in [0.15, 0.2) is 0 Å². The maximum absolute atomic E-state index is 12.3. The zero-order valence-electron chi connectivity index (χ0n) is 13.6. The van der Waals surface area contributed by atoms with Crippen molar-refractivity contribution in [1.29, 1.82) is 0 Å². The van der Waals surface area contributed by atoms with Gasteiger partial charge in [-0.2, -0.15) is 0 Å². The van der Waals surface area contributed by atoms with E-state index in [9.17, 15) is 9.59 Å². The Kier molecular flexibility index (Phi) is 6.08. The van der Waals surface area contributed by atoms with Gasteiger partial charge in [0.1, 0.15) is 0 Å². The lowest BCUT2D eigenvalue weighted by molar-refractivity contribution is -0.137. The van der Waals surface area contributed by atoms with Gasteiger partial charge in [-0.25, -0.2) is 9.59 Å². The van der Waals surface area contributed by atoms with E-state index in [0.29, 0.717) is 5.56 Å². The molecule has 0 aliphatic rings. The van der Waals surface area contributed by atoms with Crippen LogP contribution in [0, 0.1) is 0 Å². The molecule has 0 spiro atoms. The van der Waals surface area contributed by atoms with Crippen molar-refractivity contribution < 1.29 is 19.1 Å². The van der Waals surface area contributed by atoms with E-state index in [1.54, 1.807) is 36.4 Å². The van der Waals surface area contributed by atoms with E-state index in [2.05, 4.69) is 0 Å². The first-order chi connectivity index (χ1) is 11.7. The van der Waals surface area contributed by atoms with Gasteiger partial charge in [-0.15, -0.1) is 0 Å². The fourth-order valence-corrected chi connectivity index (χ4v) is 2.20. The lowest BCUT2D eigenvalue weighted by Gasteiger charge is -2.10. The monoisotopic (exact) mass is 322 g/mol. The fraction of sp³-hybridized carbons (Fsp3) is 0.100. The maximum Gasteiger partial charge on any atom is 0.339 e. The van der Waals surface area contributed by atoms with E-state index in [-0.39, 0.29) is 11.1 Å². The van der Waals surface area contributed by atoms with E-state index in [0.717, 1.165) is 5.56 Å². The quantitative estimate of drug-likeness (QED) is 0.480. The lowest BCUT2D eigenvalue weighted by Crippen LogP contribution is -2.13. The van der Waals surface area contributed by atoms with Crippen LogP contribution in [0.1, 0.15) is 11.1 Å². The van der Waals surface area contributed by atoms with Crippen molar-refractivity contribution in [3.05, 3.63) is 83.4 Å². The first-order valence-corrected chi connectivity index (χ1v) is 7.37. The highest BCUT2D eigenvalue weighted by Crippen LogP contribution is 2.23. The molecule has 0 fully saturated rings. The molecule has 0 radical (unpaired) electrons. The number of hydrogen-bond acceptors (Lipinski definition) is 4. The van der Waals surface area contributed by atoms with Crippen LogP contribution in [0.5, 0.6) is 0 Å². The minimum atomic E-state index is -0.605. The van der Waals surface area contributed by atoms with Crippen LogP contribution in [0.2, 0.25) is 0 Å². The van der Waals surface area contributed by atoms with Crippen molar-refractivity contribution in [2.24, 2.45) is 0 Å². The molecule has 24 heavy (non-hydrogen) atoms. The van der Waals surface area contributed by atoms with Gasteiger partial charge in [0, 0.05) is 0 Å². The summed E-state index contributed by atoms with van der Waals surface area (Å²) >= 11 is 0. The van der Waals surface area contributed by atoms with Gasteiger partial charge in [0.05, 0.1) is 25.4 Å². The number of esters is 2. The molecule has 0 bridgehead atoms. The summed E-state index contributed by atoms with van der Waals surface area (Å²) in [4.78, 5) is 24.5. The Morgan fingerprint density at radius 1 is 0.792 bits per heavy atom. The van der Waals surface area contributed by atoms with Gasteiger partial charge in [-0.3, -0.25) is 0 Å². The summed E-state index contributed by atoms with van der Waals surface area (Å²) in [5, 5.41) is 0. The largest absolute Gasteiger partial charge is 0.465 e. The average molecular weight is 322 g/mol. The molecule has 0 saturated carbocycles. The Morgan fingerprint density at radius 2 is 1.33 bits per heavy atom. The third-order valence-corrected chi connectivity index (χ3v) is 3.37. The molecule has 0 saturated heterocycles. The topological polar surface area (TPSA) is 52.6 Å². The standard InChI is InChI=1S/C20H18O4/c1-23-19(21)17(14-13-15-9-5-3-6-10-15)18(20(22)24-2)16-11-7-4-8-12-16/h3-14H,1-2H3/b14-13+,18-17-. The Bertz CT molecular complexity index is 759. The van der Waals surface area contributed by atoms with Crippen LogP contribution in [0.4, 0.5) is 0 Å². The lowest BCUT2D eigenvalue weighted by atomic mass is 9.99. The summed E-state index contributed by atoms with van der Waals surface area (Å²) < 4.78 is 9.70. The van der Waals surface area contributed by atoms with Gasteiger partial charge in [-0.1, -0.05) is 66.7 Å². The molecule has 0 aliphatic heterocycles. The normalized spacial score (nSPS) is 11.8. The second-order valence-electron chi connectivity index (χ2n) is 4.88. The number of methoxy groups -OCH3 is 2. The Morgan fingerprint density at radius 3 is 1.88 bits per heavy atom. The second-order valence-corrected chi connectivity index (χ2v) is 4.88. The molecule has 0 aromatic heterocycles. The van der Waals surface area contributed by atoms with Crippen LogP contribution in [0.3, 0.4) is 0 Å². The van der Waals surface area contributed by atoms with E-state index in [1.807, 2.05) is 36.4 Å². The van der Waals surface area contributed by atoms with Crippen LogP contribution in [0.15, 0.2) is 72.3 Å². The smallest absolute Gasteiger partial charge is 0.339 e. The summed E-state index contributed by atoms with van der Waals surface area (Å²) in [6.45, 7) is 0. The van der Waals surface area contributed by atoms with Crippen LogP contribution in [-0.4, -0.2) is 26.2 Å². The molecule has 0 unspecified atom stereocenters. The summed E-state index contributed by atoms with van der Waals surface area (Å²) in [5.74, 6) is -1.20. The van der Waals surface area contributed by atoms with E-state index in [4.69, 9.17) is 9.47 Å². The number of ether oxygens (including phenoxy) is 2. The molecule has 0 amide bonds. The highest BCUT2D eigenvalue weighted by molar-refractivity contribution is 6.24.